The van der Waals surface area contributed by atoms with Crippen molar-refractivity contribution in [2.75, 3.05) is 18.1 Å². The molecule has 0 aromatic rings. The van der Waals surface area contributed by atoms with Crippen LogP contribution in [0.5, 0.6) is 0 Å². The molecule has 0 heterocycles. The highest BCUT2D eigenvalue weighted by atomic mass is 32.2. The first-order valence-corrected chi connectivity index (χ1v) is 9.28. The Bertz CT molecular complexity index is 196. The Balaban J connectivity index is 2.40. The van der Waals surface area contributed by atoms with Crippen LogP contribution in [-0.2, 0) is 0 Å². The molecule has 1 rings (SSSR count). The summed E-state index contributed by atoms with van der Waals surface area (Å²) in [5.74, 6) is 4.61. The van der Waals surface area contributed by atoms with Crippen LogP contribution in [0.4, 0.5) is 0 Å². The lowest BCUT2D eigenvalue weighted by Gasteiger charge is -2.35. The van der Waals surface area contributed by atoms with Crippen molar-refractivity contribution < 1.29 is 0 Å². The normalized spacial score (nSPS) is 26.2. The fourth-order valence-corrected chi connectivity index (χ4v) is 4.21. The molecular formula is C16H33NS. The molecule has 1 fully saturated rings. The molecule has 3 atom stereocenters. The van der Waals surface area contributed by atoms with Crippen LogP contribution >= 0.6 is 11.8 Å². The maximum Gasteiger partial charge on any atom is 0.0186 e. The lowest BCUT2D eigenvalue weighted by Crippen LogP contribution is -2.41. The smallest absolute Gasteiger partial charge is 0.0186 e. The minimum atomic E-state index is 0.774. The van der Waals surface area contributed by atoms with Gasteiger partial charge in [-0.05, 0) is 49.8 Å². The Kier molecular flexibility index (Phi) is 9.22. The molecule has 18 heavy (non-hydrogen) atoms. The number of nitrogens with one attached hydrogen (secondary N) is 1. The SMILES string of the molecule is CCCNC(CSCCC)C1CCCC(CC)C1. The van der Waals surface area contributed by atoms with E-state index in [0.717, 1.165) is 17.9 Å². The van der Waals surface area contributed by atoms with Gasteiger partial charge in [-0.3, -0.25) is 0 Å². The van der Waals surface area contributed by atoms with Gasteiger partial charge in [0, 0.05) is 11.8 Å². The third kappa shape index (κ3) is 5.97. The van der Waals surface area contributed by atoms with Gasteiger partial charge in [-0.15, -0.1) is 0 Å². The molecule has 1 N–H and O–H groups in total. The standard InChI is InChI=1S/C16H33NS/c1-4-10-17-16(13-18-11-5-2)15-9-7-8-14(6-3)12-15/h14-17H,4-13H2,1-3H3. The second kappa shape index (κ2) is 10.1. The molecule has 2 heteroatoms. The van der Waals surface area contributed by atoms with Gasteiger partial charge in [-0.1, -0.05) is 40.0 Å². The van der Waals surface area contributed by atoms with Crippen LogP contribution in [0.1, 0.15) is 65.7 Å². The van der Waals surface area contributed by atoms with E-state index in [0.29, 0.717) is 0 Å². The molecule has 0 bridgehead atoms. The van der Waals surface area contributed by atoms with Gasteiger partial charge in [0.2, 0.25) is 0 Å². The quantitative estimate of drug-likeness (QED) is 0.609. The third-order valence-corrected chi connectivity index (χ3v) is 5.56. The predicted molar refractivity (Wildman–Crippen MR) is 85.4 cm³/mol. The van der Waals surface area contributed by atoms with Crippen molar-refractivity contribution in [1.29, 1.82) is 0 Å². The Morgan fingerprint density at radius 3 is 2.67 bits per heavy atom. The number of hydrogen-bond acceptors (Lipinski definition) is 2. The van der Waals surface area contributed by atoms with Crippen LogP contribution in [0.3, 0.4) is 0 Å². The number of rotatable bonds is 9. The van der Waals surface area contributed by atoms with Crippen LogP contribution in [0, 0.1) is 11.8 Å². The van der Waals surface area contributed by atoms with Crippen molar-refractivity contribution in [2.24, 2.45) is 11.8 Å². The summed E-state index contributed by atoms with van der Waals surface area (Å²) in [6.07, 6.45) is 9.85. The average Bonchev–Trinajstić information content (AvgIpc) is 2.42. The summed E-state index contributed by atoms with van der Waals surface area (Å²) >= 11 is 2.15. The van der Waals surface area contributed by atoms with Gasteiger partial charge in [0.1, 0.15) is 0 Å². The van der Waals surface area contributed by atoms with E-state index < -0.39 is 0 Å². The van der Waals surface area contributed by atoms with Crippen molar-refractivity contribution >= 4 is 11.8 Å². The first kappa shape index (κ1) is 16.4. The summed E-state index contributed by atoms with van der Waals surface area (Å²) in [6, 6.07) is 0.774. The molecule has 1 aliphatic carbocycles. The summed E-state index contributed by atoms with van der Waals surface area (Å²) in [5, 5.41) is 3.82. The van der Waals surface area contributed by atoms with Crippen molar-refractivity contribution in [3.8, 4) is 0 Å². The van der Waals surface area contributed by atoms with Gasteiger partial charge in [-0.25, -0.2) is 0 Å². The number of hydrogen-bond donors (Lipinski definition) is 1. The highest BCUT2D eigenvalue weighted by Crippen LogP contribution is 2.33. The van der Waals surface area contributed by atoms with Gasteiger partial charge in [0.15, 0.2) is 0 Å². The monoisotopic (exact) mass is 271 g/mol. The van der Waals surface area contributed by atoms with Gasteiger partial charge in [-0.2, -0.15) is 11.8 Å². The van der Waals surface area contributed by atoms with Crippen LogP contribution in [0.15, 0.2) is 0 Å². The minimum absolute atomic E-state index is 0.774. The Morgan fingerprint density at radius 2 is 2.00 bits per heavy atom. The van der Waals surface area contributed by atoms with E-state index in [9.17, 15) is 0 Å². The van der Waals surface area contributed by atoms with Gasteiger partial charge < -0.3 is 5.32 Å². The number of thioether (sulfide) groups is 1. The average molecular weight is 272 g/mol. The molecule has 0 aromatic heterocycles. The molecule has 0 saturated heterocycles. The van der Waals surface area contributed by atoms with Crippen molar-refractivity contribution in [1.82, 2.24) is 5.32 Å². The maximum absolute atomic E-state index is 3.82. The molecule has 3 unspecified atom stereocenters. The first-order valence-electron chi connectivity index (χ1n) is 8.12. The topological polar surface area (TPSA) is 12.0 Å². The molecule has 1 saturated carbocycles. The van der Waals surface area contributed by atoms with Crippen LogP contribution in [0.2, 0.25) is 0 Å². The van der Waals surface area contributed by atoms with Crippen LogP contribution in [0.25, 0.3) is 0 Å². The molecule has 0 aliphatic heterocycles. The zero-order chi connectivity index (χ0) is 13.2. The second-order valence-corrected chi connectivity index (χ2v) is 6.99. The Hall–Kier alpha value is 0.310. The first-order chi connectivity index (χ1) is 8.81. The van der Waals surface area contributed by atoms with E-state index in [1.807, 2.05) is 0 Å². The van der Waals surface area contributed by atoms with Crippen LogP contribution < -0.4 is 5.32 Å². The second-order valence-electron chi connectivity index (χ2n) is 5.84. The van der Waals surface area contributed by atoms with E-state index in [-0.39, 0.29) is 0 Å². The summed E-state index contributed by atoms with van der Waals surface area (Å²) in [7, 11) is 0. The zero-order valence-corrected chi connectivity index (χ0v) is 13.5. The Labute approximate surface area is 119 Å². The van der Waals surface area contributed by atoms with Gasteiger partial charge in [0.25, 0.3) is 0 Å². The lowest BCUT2D eigenvalue weighted by atomic mass is 9.77. The predicted octanol–water partition coefficient (Wildman–Crippen LogP) is 4.71. The maximum atomic E-state index is 3.82. The van der Waals surface area contributed by atoms with E-state index in [2.05, 4.69) is 37.8 Å². The molecule has 1 nitrogen and oxygen atoms in total. The van der Waals surface area contributed by atoms with Crippen molar-refractivity contribution in [2.45, 2.75) is 71.8 Å². The van der Waals surface area contributed by atoms with E-state index in [1.54, 1.807) is 0 Å². The molecular weight excluding hydrogens is 238 g/mol. The molecule has 1 aliphatic rings. The van der Waals surface area contributed by atoms with Gasteiger partial charge in [0.05, 0.1) is 0 Å². The van der Waals surface area contributed by atoms with Gasteiger partial charge >= 0.3 is 0 Å². The fourth-order valence-electron chi connectivity index (χ4n) is 3.11. The molecule has 0 aromatic carbocycles. The van der Waals surface area contributed by atoms with E-state index in [4.69, 9.17) is 0 Å². The summed E-state index contributed by atoms with van der Waals surface area (Å²) in [5.41, 5.74) is 0. The lowest BCUT2D eigenvalue weighted by molar-refractivity contribution is 0.219. The van der Waals surface area contributed by atoms with E-state index >= 15 is 0 Å². The van der Waals surface area contributed by atoms with Crippen molar-refractivity contribution in [3.05, 3.63) is 0 Å². The molecule has 108 valence electrons. The Morgan fingerprint density at radius 1 is 1.17 bits per heavy atom. The largest absolute Gasteiger partial charge is 0.313 e. The highest BCUT2D eigenvalue weighted by Gasteiger charge is 2.27. The molecule has 0 spiro atoms. The third-order valence-electron chi connectivity index (χ3n) is 4.27. The van der Waals surface area contributed by atoms with Crippen LogP contribution in [-0.4, -0.2) is 24.1 Å². The zero-order valence-electron chi connectivity index (χ0n) is 12.7. The van der Waals surface area contributed by atoms with E-state index in [1.165, 1.54) is 63.0 Å². The molecule has 0 radical (unpaired) electrons. The summed E-state index contributed by atoms with van der Waals surface area (Å²) in [4.78, 5) is 0. The highest BCUT2D eigenvalue weighted by molar-refractivity contribution is 7.99. The molecule has 0 amide bonds. The minimum Gasteiger partial charge on any atom is -0.313 e. The summed E-state index contributed by atoms with van der Waals surface area (Å²) in [6.45, 7) is 8.13. The summed E-state index contributed by atoms with van der Waals surface area (Å²) < 4.78 is 0. The fraction of sp³-hybridized carbons (Fsp3) is 1.00. The van der Waals surface area contributed by atoms with Crippen molar-refractivity contribution in [3.63, 3.8) is 0 Å².